The van der Waals surface area contributed by atoms with Gasteiger partial charge in [-0.1, -0.05) is 61.3 Å². The van der Waals surface area contributed by atoms with E-state index in [0.29, 0.717) is 0 Å². The number of hydrogen-bond donors (Lipinski definition) is 0. The molecule has 14 heavy (non-hydrogen) atoms. The lowest BCUT2D eigenvalue weighted by Gasteiger charge is -2.30. The van der Waals surface area contributed by atoms with Crippen LogP contribution < -0.4 is 0 Å². The fourth-order valence-electron chi connectivity index (χ4n) is 2.26. The van der Waals surface area contributed by atoms with Crippen LogP contribution in [-0.2, 0) is 0 Å². The smallest absolute Gasteiger partial charge is 0.0391 e. The van der Waals surface area contributed by atoms with Gasteiger partial charge in [-0.15, -0.1) is 0 Å². The van der Waals surface area contributed by atoms with Gasteiger partial charge in [0.05, 0.1) is 0 Å². The third-order valence-corrected chi connectivity index (χ3v) is 3.41. The summed E-state index contributed by atoms with van der Waals surface area (Å²) in [4.78, 5) is 0. The van der Waals surface area contributed by atoms with Crippen LogP contribution in [0.25, 0.3) is 0 Å². The van der Waals surface area contributed by atoms with Crippen molar-refractivity contribution in [2.24, 2.45) is 17.8 Å². The molecule has 0 heterocycles. The molecule has 0 aliphatic heterocycles. The summed E-state index contributed by atoms with van der Waals surface area (Å²) in [6, 6.07) is 0. The molecule has 1 fully saturated rings. The maximum atomic E-state index is 2.37. The van der Waals surface area contributed by atoms with Crippen LogP contribution in [-0.4, -0.2) is 0 Å². The van der Waals surface area contributed by atoms with E-state index in [-0.39, 0.29) is 7.43 Å². The summed E-state index contributed by atoms with van der Waals surface area (Å²) in [6.45, 7) is 11.1. The normalized spacial score (nSPS) is 26.1. The second kappa shape index (κ2) is 9.55. The summed E-state index contributed by atoms with van der Waals surface area (Å²) in [5.74, 6) is 3.02. The SMILES string of the molecule is C.CC.CCC1CCC(C(C)C)CC1. The zero-order valence-corrected chi connectivity index (χ0v) is 10.3. The molecular weight excluding hydrogens is 168 g/mol. The van der Waals surface area contributed by atoms with E-state index >= 15 is 0 Å². The highest BCUT2D eigenvalue weighted by Gasteiger charge is 2.21. The molecule has 1 aliphatic carbocycles. The monoisotopic (exact) mass is 200 g/mol. The summed E-state index contributed by atoms with van der Waals surface area (Å²) < 4.78 is 0. The van der Waals surface area contributed by atoms with Crippen LogP contribution in [0.3, 0.4) is 0 Å². The summed E-state index contributed by atoms with van der Waals surface area (Å²) in [7, 11) is 0. The van der Waals surface area contributed by atoms with Gasteiger partial charge in [-0.05, 0) is 30.6 Å². The molecule has 0 N–H and O–H groups in total. The van der Waals surface area contributed by atoms with Gasteiger partial charge in [-0.2, -0.15) is 0 Å². The highest BCUT2D eigenvalue weighted by Crippen LogP contribution is 2.34. The number of hydrogen-bond acceptors (Lipinski definition) is 0. The molecule has 0 saturated heterocycles. The van der Waals surface area contributed by atoms with Crippen LogP contribution in [0.1, 0.15) is 74.1 Å². The Labute approximate surface area is 92.5 Å². The Balaban J connectivity index is 0. The minimum atomic E-state index is 0. The maximum Gasteiger partial charge on any atom is -0.0391 e. The van der Waals surface area contributed by atoms with E-state index in [2.05, 4.69) is 20.8 Å². The van der Waals surface area contributed by atoms with E-state index in [9.17, 15) is 0 Å². The van der Waals surface area contributed by atoms with Crippen molar-refractivity contribution in [1.82, 2.24) is 0 Å². The number of rotatable bonds is 2. The van der Waals surface area contributed by atoms with Gasteiger partial charge in [0.15, 0.2) is 0 Å². The lowest BCUT2D eigenvalue weighted by Crippen LogP contribution is -2.17. The largest absolute Gasteiger partial charge is 0.0776 e. The highest BCUT2D eigenvalue weighted by molar-refractivity contribution is 4.73. The minimum absolute atomic E-state index is 0. The van der Waals surface area contributed by atoms with E-state index in [1.54, 1.807) is 0 Å². The van der Waals surface area contributed by atoms with Gasteiger partial charge >= 0.3 is 0 Å². The van der Waals surface area contributed by atoms with Gasteiger partial charge in [0.2, 0.25) is 0 Å². The van der Waals surface area contributed by atoms with Crippen LogP contribution in [0.15, 0.2) is 0 Å². The molecule has 0 atom stereocenters. The molecule has 0 aromatic carbocycles. The quantitative estimate of drug-likeness (QED) is 0.550. The van der Waals surface area contributed by atoms with Crippen molar-refractivity contribution >= 4 is 0 Å². The second-order valence-corrected chi connectivity index (χ2v) is 4.43. The van der Waals surface area contributed by atoms with Gasteiger partial charge in [0.25, 0.3) is 0 Å². The first kappa shape index (κ1) is 16.4. The Bertz CT molecular complexity index is 96.6. The van der Waals surface area contributed by atoms with Gasteiger partial charge < -0.3 is 0 Å². The molecule has 0 nitrogen and oxygen atoms in total. The molecule has 0 radical (unpaired) electrons. The van der Waals surface area contributed by atoms with Crippen molar-refractivity contribution in [3.8, 4) is 0 Å². The third-order valence-electron chi connectivity index (χ3n) is 3.41. The predicted molar refractivity (Wildman–Crippen MR) is 68.7 cm³/mol. The topological polar surface area (TPSA) is 0 Å². The Hall–Kier alpha value is 0. The van der Waals surface area contributed by atoms with Crippen molar-refractivity contribution in [2.45, 2.75) is 74.1 Å². The molecule has 0 spiro atoms. The van der Waals surface area contributed by atoms with E-state index < -0.39 is 0 Å². The molecule has 0 heteroatoms. The molecular formula is C14H32. The van der Waals surface area contributed by atoms with Crippen molar-refractivity contribution in [3.63, 3.8) is 0 Å². The minimum Gasteiger partial charge on any atom is -0.0776 e. The molecule has 88 valence electrons. The van der Waals surface area contributed by atoms with Crippen LogP contribution in [0.2, 0.25) is 0 Å². The Morgan fingerprint density at radius 3 is 1.71 bits per heavy atom. The summed E-state index contributed by atoms with van der Waals surface area (Å²) in [5.41, 5.74) is 0. The summed E-state index contributed by atoms with van der Waals surface area (Å²) in [5, 5.41) is 0. The van der Waals surface area contributed by atoms with E-state index in [4.69, 9.17) is 0 Å². The van der Waals surface area contributed by atoms with Crippen molar-refractivity contribution in [1.29, 1.82) is 0 Å². The summed E-state index contributed by atoms with van der Waals surface area (Å²) >= 11 is 0. The molecule has 1 rings (SSSR count). The molecule has 0 aromatic heterocycles. The summed E-state index contributed by atoms with van der Waals surface area (Å²) in [6.07, 6.45) is 7.40. The Kier molecular flexibility index (Phi) is 11.2. The molecule has 1 saturated carbocycles. The van der Waals surface area contributed by atoms with E-state index in [1.807, 2.05) is 13.8 Å². The maximum absolute atomic E-state index is 2.37. The van der Waals surface area contributed by atoms with Crippen LogP contribution in [0.4, 0.5) is 0 Å². The zero-order valence-electron chi connectivity index (χ0n) is 10.3. The van der Waals surface area contributed by atoms with E-state index in [0.717, 1.165) is 17.8 Å². The zero-order chi connectivity index (χ0) is 10.3. The molecule has 1 aliphatic rings. The van der Waals surface area contributed by atoms with Crippen molar-refractivity contribution < 1.29 is 0 Å². The molecule has 0 bridgehead atoms. The first-order chi connectivity index (χ1) is 6.24. The van der Waals surface area contributed by atoms with Gasteiger partial charge in [0, 0.05) is 0 Å². The van der Waals surface area contributed by atoms with Crippen molar-refractivity contribution in [2.75, 3.05) is 0 Å². The van der Waals surface area contributed by atoms with Gasteiger partial charge in [-0.25, -0.2) is 0 Å². The molecule has 0 amide bonds. The first-order valence-corrected chi connectivity index (χ1v) is 6.24. The Morgan fingerprint density at radius 1 is 1.00 bits per heavy atom. The van der Waals surface area contributed by atoms with Crippen LogP contribution in [0, 0.1) is 17.8 Å². The Morgan fingerprint density at radius 2 is 1.43 bits per heavy atom. The fraction of sp³-hybridized carbons (Fsp3) is 1.00. The lowest BCUT2D eigenvalue weighted by molar-refractivity contribution is 0.221. The van der Waals surface area contributed by atoms with Crippen LogP contribution >= 0.6 is 0 Å². The van der Waals surface area contributed by atoms with E-state index in [1.165, 1.54) is 32.1 Å². The average Bonchev–Trinajstić information content (AvgIpc) is 2.21. The standard InChI is InChI=1S/C11H22.C2H6.CH4/c1-4-10-5-7-11(8-6-10)9(2)3;1-2;/h9-11H,4-8H2,1-3H3;1-2H3;1H4. The third kappa shape index (κ3) is 5.67. The van der Waals surface area contributed by atoms with Crippen LogP contribution in [0.5, 0.6) is 0 Å². The average molecular weight is 200 g/mol. The first-order valence-electron chi connectivity index (χ1n) is 6.24. The van der Waals surface area contributed by atoms with Gasteiger partial charge in [0.1, 0.15) is 0 Å². The molecule has 0 aromatic rings. The highest BCUT2D eigenvalue weighted by atomic mass is 14.3. The fourth-order valence-corrected chi connectivity index (χ4v) is 2.26. The lowest BCUT2D eigenvalue weighted by atomic mass is 9.76. The second-order valence-electron chi connectivity index (χ2n) is 4.43. The predicted octanol–water partition coefficient (Wildman–Crippen LogP) is 5.52. The molecule has 0 unspecified atom stereocenters. The van der Waals surface area contributed by atoms with Gasteiger partial charge in [-0.3, -0.25) is 0 Å². The van der Waals surface area contributed by atoms with Crippen molar-refractivity contribution in [3.05, 3.63) is 0 Å².